The summed E-state index contributed by atoms with van der Waals surface area (Å²) < 4.78 is 8.47. The molecular weight excluding hydrogens is 566 g/mol. The molecule has 0 atom stereocenters. The van der Waals surface area contributed by atoms with Crippen LogP contribution in [0.15, 0.2) is 144 Å². The molecule has 6 heteroatoms. The monoisotopic (exact) mass is 589 g/mol. The summed E-state index contributed by atoms with van der Waals surface area (Å²) in [6.45, 7) is 0. The van der Waals surface area contributed by atoms with Crippen LogP contribution < -0.4 is 0 Å². The van der Waals surface area contributed by atoms with E-state index in [0.29, 0.717) is 17.5 Å². The minimum atomic E-state index is 0.599. The van der Waals surface area contributed by atoms with Crippen LogP contribution in [0.5, 0.6) is 0 Å². The van der Waals surface area contributed by atoms with E-state index in [0.717, 1.165) is 77.3 Å². The lowest BCUT2D eigenvalue weighted by Gasteiger charge is -2.09. The van der Waals surface area contributed by atoms with E-state index in [-0.39, 0.29) is 0 Å². The van der Waals surface area contributed by atoms with E-state index in [4.69, 9.17) is 24.4 Å². The highest BCUT2D eigenvalue weighted by Gasteiger charge is 2.21. The third-order valence-electron chi connectivity index (χ3n) is 8.81. The molecule has 5 heterocycles. The zero-order valence-corrected chi connectivity index (χ0v) is 24.4. The van der Waals surface area contributed by atoms with Crippen molar-refractivity contribution >= 4 is 49.4 Å². The van der Waals surface area contributed by atoms with E-state index in [9.17, 15) is 0 Å². The zero-order chi connectivity index (χ0) is 30.2. The first kappa shape index (κ1) is 25.0. The number of fused-ring (bicyclic) bond motifs is 6. The van der Waals surface area contributed by atoms with Gasteiger partial charge in [0.25, 0.3) is 0 Å². The van der Waals surface area contributed by atoms with Gasteiger partial charge in [-0.05, 0) is 30.3 Å². The number of rotatable bonds is 4. The van der Waals surface area contributed by atoms with Gasteiger partial charge >= 0.3 is 0 Å². The number of furan rings is 1. The third kappa shape index (κ3) is 3.64. The number of hydrogen-bond acceptors (Lipinski definition) is 5. The second-order valence-electron chi connectivity index (χ2n) is 11.5. The van der Waals surface area contributed by atoms with Crippen LogP contribution in [0.25, 0.3) is 94.8 Å². The van der Waals surface area contributed by atoms with Gasteiger partial charge in [0.1, 0.15) is 16.8 Å². The Labute approximate surface area is 262 Å². The molecule has 0 saturated heterocycles. The van der Waals surface area contributed by atoms with Crippen LogP contribution in [-0.4, -0.2) is 24.3 Å². The maximum atomic E-state index is 6.21. The first-order valence-corrected chi connectivity index (χ1v) is 15.2. The minimum absolute atomic E-state index is 0.599. The Hall–Kier alpha value is -6.40. The topological polar surface area (TPSA) is 69.1 Å². The lowest BCUT2D eigenvalue weighted by molar-refractivity contribution is 0.669. The first-order valence-electron chi connectivity index (χ1n) is 15.2. The van der Waals surface area contributed by atoms with Gasteiger partial charge in [-0.3, -0.25) is 4.40 Å². The molecule has 0 fully saturated rings. The smallest absolute Gasteiger partial charge is 0.164 e. The molecule has 0 aliphatic heterocycles. The molecule has 10 aromatic rings. The second kappa shape index (κ2) is 9.55. The molecule has 0 saturated carbocycles. The van der Waals surface area contributed by atoms with Crippen LogP contribution in [0.4, 0.5) is 0 Å². The lowest BCUT2D eigenvalue weighted by atomic mass is 10.0. The van der Waals surface area contributed by atoms with Gasteiger partial charge in [0, 0.05) is 43.8 Å². The minimum Gasteiger partial charge on any atom is -0.456 e. The van der Waals surface area contributed by atoms with Crippen molar-refractivity contribution in [1.29, 1.82) is 0 Å². The Balaban J connectivity index is 1.25. The van der Waals surface area contributed by atoms with Crippen LogP contribution in [0.1, 0.15) is 0 Å². The average Bonchev–Trinajstić information content (AvgIpc) is 3.81. The SMILES string of the molecule is c1ccc(-c2nc(-c3ccc4c(c3)c3c(-c5ccccc5)nc5cccc4n53)nc(-c3cccc4oc5ccccc5c34)n2)cc1. The third-order valence-corrected chi connectivity index (χ3v) is 8.81. The van der Waals surface area contributed by atoms with Gasteiger partial charge in [0.05, 0.1) is 16.7 Å². The van der Waals surface area contributed by atoms with Gasteiger partial charge in [0.2, 0.25) is 0 Å². The summed E-state index contributed by atoms with van der Waals surface area (Å²) in [5.74, 6) is 1.82. The highest BCUT2D eigenvalue weighted by atomic mass is 16.3. The van der Waals surface area contributed by atoms with E-state index in [1.165, 1.54) is 0 Å². The molecule has 0 amide bonds. The Bertz CT molecular complexity index is 2750. The van der Waals surface area contributed by atoms with Gasteiger partial charge in [-0.25, -0.2) is 19.9 Å². The number of hydrogen-bond donors (Lipinski definition) is 0. The van der Waals surface area contributed by atoms with E-state index in [1.54, 1.807) is 0 Å². The van der Waals surface area contributed by atoms with Crippen molar-refractivity contribution in [2.45, 2.75) is 0 Å². The van der Waals surface area contributed by atoms with Crippen molar-refractivity contribution in [1.82, 2.24) is 24.3 Å². The molecule has 0 N–H and O–H groups in total. The summed E-state index contributed by atoms with van der Waals surface area (Å²) in [7, 11) is 0. The lowest BCUT2D eigenvalue weighted by Crippen LogP contribution is -2.00. The fourth-order valence-corrected chi connectivity index (χ4v) is 6.75. The van der Waals surface area contributed by atoms with E-state index in [2.05, 4.69) is 77.2 Å². The average molecular weight is 590 g/mol. The van der Waals surface area contributed by atoms with Crippen molar-refractivity contribution < 1.29 is 4.42 Å². The number of nitrogens with zero attached hydrogens (tertiary/aromatic N) is 5. The Morgan fingerprint density at radius 1 is 0.457 bits per heavy atom. The molecule has 10 rings (SSSR count). The molecule has 0 bridgehead atoms. The summed E-state index contributed by atoms with van der Waals surface area (Å²) in [5.41, 5.74) is 9.56. The Morgan fingerprint density at radius 2 is 1.15 bits per heavy atom. The fourth-order valence-electron chi connectivity index (χ4n) is 6.75. The summed E-state index contributed by atoms with van der Waals surface area (Å²) in [4.78, 5) is 20.3. The van der Waals surface area contributed by atoms with Gasteiger partial charge in [-0.1, -0.05) is 109 Å². The van der Waals surface area contributed by atoms with Crippen molar-refractivity contribution in [3.8, 4) is 45.4 Å². The van der Waals surface area contributed by atoms with Crippen LogP contribution in [0, 0.1) is 0 Å². The van der Waals surface area contributed by atoms with Gasteiger partial charge in [0.15, 0.2) is 17.5 Å². The molecule has 214 valence electrons. The van der Waals surface area contributed by atoms with E-state index >= 15 is 0 Å². The Kier molecular flexibility index (Phi) is 5.19. The van der Waals surface area contributed by atoms with Crippen LogP contribution in [0.2, 0.25) is 0 Å². The Morgan fingerprint density at radius 3 is 2.00 bits per heavy atom. The molecular formula is C40H23N5O. The molecule has 6 nitrogen and oxygen atoms in total. The maximum Gasteiger partial charge on any atom is 0.164 e. The van der Waals surface area contributed by atoms with Crippen molar-refractivity contribution in [2.24, 2.45) is 0 Å². The predicted octanol–water partition coefficient (Wildman–Crippen LogP) is 9.83. The van der Waals surface area contributed by atoms with Crippen molar-refractivity contribution in [2.75, 3.05) is 0 Å². The zero-order valence-electron chi connectivity index (χ0n) is 24.4. The summed E-state index contributed by atoms with van der Waals surface area (Å²) in [6.07, 6.45) is 0. The highest BCUT2D eigenvalue weighted by Crippen LogP contribution is 2.40. The molecule has 0 unspecified atom stereocenters. The predicted molar refractivity (Wildman–Crippen MR) is 184 cm³/mol. The molecule has 5 aromatic heterocycles. The maximum absolute atomic E-state index is 6.21. The van der Waals surface area contributed by atoms with Gasteiger partial charge in [-0.2, -0.15) is 0 Å². The molecule has 0 radical (unpaired) electrons. The molecule has 5 aromatic carbocycles. The van der Waals surface area contributed by atoms with E-state index in [1.807, 2.05) is 66.7 Å². The number of pyridine rings is 1. The van der Waals surface area contributed by atoms with Gasteiger partial charge in [-0.15, -0.1) is 0 Å². The summed E-state index contributed by atoms with van der Waals surface area (Å²) >= 11 is 0. The van der Waals surface area contributed by atoms with E-state index < -0.39 is 0 Å². The first-order chi connectivity index (χ1) is 22.8. The normalized spacial score (nSPS) is 11.9. The molecule has 0 spiro atoms. The molecule has 0 aliphatic carbocycles. The number of imidazole rings is 1. The van der Waals surface area contributed by atoms with Crippen LogP contribution in [-0.2, 0) is 0 Å². The van der Waals surface area contributed by atoms with Crippen molar-refractivity contribution in [3.05, 3.63) is 140 Å². The number of benzene rings is 5. The van der Waals surface area contributed by atoms with Crippen LogP contribution >= 0.6 is 0 Å². The van der Waals surface area contributed by atoms with Crippen molar-refractivity contribution in [3.63, 3.8) is 0 Å². The molecule has 46 heavy (non-hydrogen) atoms. The largest absolute Gasteiger partial charge is 0.456 e. The fraction of sp³-hybridized carbons (Fsp3) is 0. The summed E-state index contributed by atoms with van der Waals surface area (Å²) in [6, 6.07) is 47.4. The van der Waals surface area contributed by atoms with Crippen LogP contribution in [0.3, 0.4) is 0 Å². The quantitative estimate of drug-likeness (QED) is 0.204. The summed E-state index contributed by atoms with van der Waals surface area (Å²) in [5, 5.41) is 4.30. The number of para-hydroxylation sites is 1. The number of aromatic nitrogens is 5. The molecule has 0 aliphatic rings. The van der Waals surface area contributed by atoms with Gasteiger partial charge < -0.3 is 4.42 Å². The highest BCUT2D eigenvalue weighted by molar-refractivity contribution is 6.15. The standard InChI is InChI=1S/C40H23N5O/c1-3-11-24(12-4-1)36-37-30-23-26(21-22-27(30)31-17-10-20-34(41-36)45(31)37)39-42-38(25-13-5-2-6-14-25)43-40(44-39)29-16-9-19-33-35(29)28-15-7-8-18-32(28)46-33/h1-23H. The second-order valence-corrected chi connectivity index (χ2v) is 11.5.